The number of nitrogens with zero attached hydrogens (tertiary/aromatic N) is 4. The van der Waals surface area contributed by atoms with Crippen molar-refractivity contribution in [1.29, 1.82) is 0 Å². The van der Waals surface area contributed by atoms with Crippen LogP contribution in [0, 0.1) is 0 Å². The van der Waals surface area contributed by atoms with Gasteiger partial charge >= 0.3 is 0 Å². The van der Waals surface area contributed by atoms with Crippen LogP contribution in [0.3, 0.4) is 0 Å². The van der Waals surface area contributed by atoms with Crippen molar-refractivity contribution in [2.75, 3.05) is 12.4 Å². The van der Waals surface area contributed by atoms with Gasteiger partial charge in [-0.2, -0.15) is 0 Å². The standard InChI is InChI=1S/C22H26N6O3S/c1-13(2)28-18(25-26-27-28)12-31-15-8-6-7-14(11-15)20(29)24-22-19(21(30)23-3)16-9-4-5-10-17(16)32-22/h6-8,11,13H,4-5,9-10,12H2,1-3H3,(H,23,30)(H,24,29). The molecule has 2 amide bonds. The van der Waals surface area contributed by atoms with Gasteiger partial charge in [-0.3, -0.25) is 9.59 Å². The molecule has 0 atom stereocenters. The van der Waals surface area contributed by atoms with E-state index in [2.05, 4.69) is 26.2 Å². The normalized spacial score (nSPS) is 13.0. The first kappa shape index (κ1) is 21.9. The van der Waals surface area contributed by atoms with Crippen LogP contribution in [-0.2, 0) is 19.4 Å². The Kier molecular flexibility index (Phi) is 6.50. The fourth-order valence-corrected chi connectivity index (χ4v) is 5.06. The molecule has 0 spiro atoms. The number of thiophene rings is 1. The molecule has 9 nitrogen and oxygen atoms in total. The average molecular weight is 455 g/mol. The minimum absolute atomic E-state index is 0.117. The Morgan fingerprint density at radius 3 is 2.81 bits per heavy atom. The lowest BCUT2D eigenvalue weighted by Crippen LogP contribution is -2.22. The smallest absolute Gasteiger partial charge is 0.256 e. The molecule has 10 heteroatoms. The molecule has 0 aliphatic heterocycles. The number of tetrazole rings is 1. The van der Waals surface area contributed by atoms with Gasteiger partial charge in [0, 0.05) is 17.5 Å². The summed E-state index contributed by atoms with van der Waals surface area (Å²) >= 11 is 1.50. The van der Waals surface area contributed by atoms with E-state index in [1.807, 2.05) is 13.8 Å². The first-order chi connectivity index (χ1) is 15.5. The minimum atomic E-state index is -0.286. The number of ether oxygens (including phenoxy) is 1. The molecule has 1 aromatic carbocycles. The number of amides is 2. The Labute approximate surface area is 190 Å². The molecule has 32 heavy (non-hydrogen) atoms. The number of benzene rings is 1. The average Bonchev–Trinajstić information content (AvgIpc) is 3.41. The second-order valence-corrected chi connectivity index (χ2v) is 9.00. The zero-order valence-electron chi connectivity index (χ0n) is 18.3. The van der Waals surface area contributed by atoms with Crippen molar-refractivity contribution in [3.05, 3.63) is 51.7 Å². The number of carbonyl (C=O) groups excluding carboxylic acids is 2. The van der Waals surface area contributed by atoms with Crippen molar-refractivity contribution >= 4 is 28.2 Å². The van der Waals surface area contributed by atoms with Gasteiger partial charge in [0.05, 0.1) is 11.6 Å². The fraction of sp³-hybridized carbons (Fsp3) is 0.409. The molecule has 4 rings (SSSR count). The highest BCUT2D eigenvalue weighted by atomic mass is 32.1. The molecular weight excluding hydrogens is 428 g/mol. The van der Waals surface area contributed by atoms with E-state index >= 15 is 0 Å². The molecule has 0 saturated heterocycles. The van der Waals surface area contributed by atoms with Crippen LogP contribution in [0.4, 0.5) is 5.00 Å². The van der Waals surface area contributed by atoms with Crippen molar-refractivity contribution < 1.29 is 14.3 Å². The van der Waals surface area contributed by atoms with Crippen molar-refractivity contribution in [2.45, 2.75) is 52.2 Å². The van der Waals surface area contributed by atoms with Gasteiger partial charge in [-0.05, 0) is 73.7 Å². The summed E-state index contributed by atoms with van der Waals surface area (Å²) in [6, 6.07) is 7.04. The number of carbonyl (C=O) groups is 2. The number of hydrogen-bond acceptors (Lipinski definition) is 7. The summed E-state index contributed by atoms with van der Waals surface area (Å²) in [7, 11) is 1.61. The highest BCUT2D eigenvalue weighted by molar-refractivity contribution is 7.17. The van der Waals surface area contributed by atoms with Crippen LogP contribution in [0.5, 0.6) is 5.75 Å². The van der Waals surface area contributed by atoms with E-state index in [-0.39, 0.29) is 24.5 Å². The molecule has 1 aliphatic rings. The zero-order chi connectivity index (χ0) is 22.7. The lowest BCUT2D eigenvalue weighted by molar-refractivity contribution is 0.0963. The minimum Gasteiger partial charge on any atom is -0.486 e. The highest BCUT2D eigenvalue weighted by Gasteiger charge is 2.26. The first-order valence-electron chi connectivity index (χ1n) is 10.7. The second-order valence-electron chi connectivity index (χ2n) is 7.90. The maximum Gasteiger partial charge on any atom is 0.256 e. The predicted molar refractivity (Wildman–Crippen MR) is 121 cm³/mol. The topological polar surface area (TPSA) is 111 Å². The number of aromatic nitrogens is 4. The molecule has 0 fully saturated rings. The molecule has 2 heterocycles. The summed E-state index contributed by atoms with van der Waals surface area (Å²) in [5.41, 5.74) is 2.10. The van der Waals surface area contributed by atoms with Gasteiger partial charge in [0.1, 0.15) is 17.4 Å². The Morgan fingerprint density at radius 2 is 2.03 bits per heavy atom. The Hall–Kier alpha value is -3.27. The van der Waals surface area contributed by atoms with E-state index in [4.69, 9.17) is 4.74 Å². The van der Waals surface area contributed by atoms with E-state index < -0.39 is 0 Å². The molecule has 168 valence electrons. The lowest BCUT2D eigenvalue weighted by Gasteiger charge is -2.12. The highest BCUT2D eigenvalue weighted by Crippen LogP contribution is 2.38. The summed E-state index contributed by atoms with van der Waals surface area (Å²) in [6.07, 6.45) is 3.97. The van der Waals surface area contributed by atoms with Crippen molar-refractivity contribution in [1.82, 2.24) is 25.5 Å². The van der Waals surface area contributed by atoms with E-state index in [0.717, 1.165) is 31.2 Å². The first-order valence-corrected chi connectivity index (χ1v) is 11.5. The molecule has 0 bridgehead atoms. The van der Waals surface area contributed by atoms with Gasteiger partial charge in [-0.25, -0.2) is 4.68 Å². The Bertz CT molecular complexity index is 1140. The fourth-order valence-electron chi connectivity index (χ4n) is 3.78. The molecule has 0 saturated carbocycles. The van der Waals surface area contributed by atoms with Crippen LogP contribution < -0.4 is 15.4 Å². The van der Waals surface area contributed by atoms with Gasteiger partial charge in [0.15, 0.2) is 5.82 Å². The predicted octanol–water partition coefficient (Wildman–Crippen LogP) is 3.39. The molecule has 1 aliphatic carbocycles. The third-order valence-electron chi connectivity index (χ3n) is 5.37. The number of nitrogens with one attached hydrogen (secondary N) is 2. The Balaban J connectivity index is 1.51. The third kappa shape index (κ3) is 4.50. The summed E-state index contributed by atoms with van der Waals surface area (Å²) in [5.74, 6) is 0.688. The van der Waals surface area contributed by atoms with Crippen molar-refractivity contribution in [3.8, 4) is 5.75 Å². The van der Waals surface area contributed by atoms with Gasteiger partial charge in [0.2, 0.25) is 0 Å². The van der Waals surface area contributed by atoms with Crippen LogP contribution >= 0.6 is 11.3 Å². The summed E-state index contributed by atoms with van der Waals surface area (Å²) < 4.78 is 7.51. The molecule has 3 aromatic rings. The van der Waals surface area contributed by atoms with Crippen LogP contribution in [0.25, 0.3) is 0 Å². The second kappa shape index (κ2) is 9.47. The van der Waals surface area contributed by atoms with E-state index in [1.165, 1.54) is 16.2 Å². The molecule has 2 N–H and O–H groups in total. The van der Waals surface area contributed by atoms with Gasteiger partial charge in [0.25, 0.3) is 11.8 Å². The van der Waals surface area contributed by atoms with Crippen LogP contribution in [0.1, 0.15) is 69.7 Å². The van der Waals surface area contributed by atoms with Crippen molar-refractivity contribution in [3.63, 3.8) is 0 Å². The third-order valence-corrected chi connectivity index (χ3v) is 6.57. The van der Waals surface area contributed by atoms with Crippen LogP contribution in [0.2, 0.25) is 0 Å². The molecule has 0 unspecified atom stereocenters. The molecular formula is C22H26N6O3S. The Morgan fingerprint density at radius 1 is 1.22 bits per heavy atom. The van der Waals surface area contributed by atoms with Crippen LogP contribution in [0.15, 0.2) is 24.3 Å². The quantitative estimate of drug-likeness (QED) is 0.566. The van der Waals surface area contributed by atoms with E-state index in [9.17, 15) is 9.59 Å². The summed E-state index contributed by atoms with van der Waals surface area (Å²) in [5, 5.41) is 17.9. The largest absolute Gasteiger partial charge is 0.486 e. The summed E-state index contributed by atoms with van der Waals surface area (Å²) in [6.45, 7) is 4.16. The van der Waals surface area contributed by atoms with Gasteiger partial charge < -0.3 is 15.4 Å². The number of fused-ring (bicyclic) bond motifs is 1. The lowest BCUT2D eigenvalue weighted by atomic mass is 9.95. The zero-order valence-corrected chi connectivity index (χ0v) is 19.2. The van der Waals surface area contributed by atoms with Gasteiger partial charge in [-0.1, -0.05) is 6.07 Å². The van der Waals surface area contributed by atoms with Crippen LogP contribution in [-0.4, -0.2) is 39.1 Å². The maximum absolute atomic E-state index is 13.0. The van der Waals surface area contributed by atoms with Crippen molar-refractivity contribution in [2.24, 2.45) is 0 Å². The maximum atomic E-state index is 13.0. The molecule has 0 radical (unpaired) electrons. The number of hydrogen-bond donors (Lipinski definition) is 2. The summed E-state index contributed by atoms with van der Waals surface area (Å²) in [4.78, 5) is 26.7. The number of rotatable bonds is 7. The SMILES string of the molecule is CNC(=O)c1c(NC(=O)c2cccc(OCc3nnnn3C(C)C)c2)sc2c1CCCC2. The van der Waals surface area contributed by atoms with E-state index in [0.29, 0.717) is 27.7 Å². The monoisotopic (exact) mass is 454 g/mol. The molecule has 2 aromatic heterocycles. The number of anilines is 1. The van der Waals surface area contributed by atoms with Gasteiger partial charge in [-0.15, -0.1) is 16.4 Å². The van der Waals surface area contributed by atoms with E-state index in [1.54, 1.807) is 36.0 Å². The number of aryl methyl sites for hydroxylation is 1.